The van der Waals surface area contributed by atoms with Crippen LogP contribution in [0.15, 0.2) is 42.5 Å². The lowest BCUT2D eigenvalue weighted by molar-refractivity contribution is 0.100. The Morgan fingerprint density at radius 3 is 2.71 bits per heavy atom. The molecule has 0 fully saturated rings. The molecule has 21 heavy (non-hydrogen) atoms. The zero-order valence-corrected chi connectivity index (χ0v) is 12.4. The Morgan fingerprint density at radius 2 is 1.95 bits per heavy atom. The highest BCUT2D eigenvalue weighted by Crippen LogP contribution is 2.28. The Morgan fingerprint density at radius 1 is 1.19 bits per heavy atom. The van der Waals surface area contributed by atoms with Gasteiger partial charge in [-0.3, -0.25) is 4.79 Å². The molecule has 0 heterocycles. The number of aryl methyl sites for hydroxylation is 1. The predicted molar refractivity (Wildman–Crippen MR) is 85.8 cm³/mol. The van der Waals surface area contributed by atoms with Crippen molar-refractivity contribution < 1.29 is 4.79 Å². The molecule has 3 nitrogen and oxygen atoms in total. The molecule has 1 aliphatic rings. The van der Waals surface area contributed by atoms with E-state index in [2.05, 4.69) is 29.6 Å². The number of benzene rings is 2. The highest BCUT2D eigenvalue weighted by atomic mass is 35.5. The Hall–Kier alpha value is -2.00. The molecule has 108 valence electrons. The zero-order chi connectivity index (χ0) is 14.8. The SMILES string of the molecule is NC(=O)c1ccc(Cl)c(NC2CCc3ccccc3C2)c1. The monoisotopic (exact) mass is 300 g/mol. The van der Waals surface area contributed by atoms with Gasteiger partial charge >= 0.3 is 0 Å². The Kier molecular flexibility index (Phi) is 3.84. The van der Waals surface area contributed by atoms with Crippen molar-refractivity contribution in [2.75, 3.05) is 5.32 Å². The number of primary amides is 1. The van der Waals surface area contributed by atoms with Crippen molar-refractivity contribution in [1.82, 2.24) is 0 Å². The number of carbonyl (C=O) groups is 1. The first-order chi connectivity index (χ1) is 10.1. The van der Waals surface area contributed by atoms with Crippen molar-refractivity contribution >= 4 is 23.2 Å². The highest BCUT2D eigenvalue weighted by molar-refractivity contribution is 6.33. The van der Waals surface area contributed by atoms with E-state index in [0.717, 1.165) is 24.9 Å². The van der Waals surface area contributed by atoms with Crippen molar-refractivity contribution in [3.63, 3.8) is 0 Å². The Balaban J connectivity index is 1.79. The van der Waals surface area contributed by atoms with Crippen molar-refractivity contribution in [3.8, 4) is 0 Å². The quantitative estimate of drug-likeness (QED) is 0.912. The number of anilines is 1. The average Bonchev–Trinajstić information content (AvgIpc) is 2.49. The van der Waals surface area contributed by atoms with Gasteiger partial charge < -0.3 is 11.1 Å². The normalized spacial score (nSPS) is 17.1. The molecule has 0 aliphatic heterocycles. The Bertz CT molecular complexity index is 684. The summed E-state index contributed by atoms with van der Waals surface area (Å²) in [6, 6.07) is 13.9. The molecule has 4 heteroatoms. The van der Waals surface area contributed by atoms with Crippen LogP contribution in [-0.4, -0.2) is 11.9 Å². The van der Waals surface area contributed by atoms with Crippen LogP contribution in [-0.2, 0) is 12.8 Å². The summed E-state index contributed by atoms with van der Waals surface area (Å²) in [4.78, 5) is 11.3. The van der Waals surface area contributed by atoms with Crippen LogP contribution >= 0.6 is 11.6 Å². The van der Waals surface area contributed by atoms with Gasteiger partial charge in [-0.25, -0.2) is 0 Å². The van der Waals surface area contributed by atoms with Gasteiger partial charge in [0.2, 0.25) is 5.91 Å². The van der Waals surface area contributed by atoms with Gasteiger partial charge in [-0.05, 0) is 48.6 Å². The summed E-state index contributed by atoms with van der Waals surface area (Å²) in [5.74, 6) is -0.441. The summed E-state index contributed by atoms with van der Waals surface area (Å²) in [6.45, 7) is 0. The van der Waals surface area contributed by atoms with Crippen LogP contribution in [0.2, 0.25) is 5.02 Å². The number of nitrogens with one attached hydrogen (secondary N) is 1. The van der Waals surface area contributed by atoms with Crippen molar-refractivity contribution in [2.24, 2.45) is 5.73 Å². The second-order valence-corrected chi connectivity index (χ2v) is 5.82. The molecule has 1 amide bonds. The second kappa shape index (κ2) is 5.78. The zero-order valence-electron chi connectivity index (χ0n) is 11.6. The van der Waals surface area contributed by atoms with Gasteiger partial charge in [0.1, 0.15) is 0 Å². The highest BCUT2D eigenvalue weighted by Gasteiger charge is 2.19. The second-order valence-electron chi connectivity index (χ2n) is 5.41. The number of carbonyl (C=O) groups excluding carboxylic acids is 1. The molecular weight excluding hydrogens is 284 g/mol. The standard InChI is InChI=1S/C17H17ClN2O/c18-15-8-6-13(17(19)21)10-16(15)20-14-7-5-11-3-1-2-4-12(11)9-14/h1-4,6,8,10,14,20H,5,7,9H2,(H2,19,21). The van der Waals surface area contributed by atoms with E-state index >= 15 is 0 Å². The maximum atomic E-state index is 11.3. The lowest BCUT2D eigenvalue weighted by Gasteiger charge is -2.26. The summed E-state index contributed by atoms with van der Waals surface area (Å²) in [5.41, 5.74) is 9.37. The van der Waals surface area contributed by atoms with Crippen LogP contribution in [0, 0.1) is 0 Å². The molecule has 1 aliphatic carbocycles. The van der Waals surface area contributed by atoms with Crippen LogP contribution in [0.3, 0.4) is 0 Å². The third-order valence-electron chi connectivity index (χ3n) is 3.96. The number of fused-ring (bicyclic) bond motifs is 1. The first kappa shape index (κ1) is 14.0. The topological polar surface area (TPSA) is 55.1 Å². The maximum absolute atomic E-state index is 11.3. The fourth-order valence-corrected chi connectivity index (χ4v) is 3.00. The van der Waals surface area contributed by atoms with E-state index in [-0.39, 0.29) is 0 Å². The first-order valence-electron chi connectivity index (χ1n) is 7.06. The fourth-order valence-electron chi connectivity index (χ4n) is 2.83. The number of hydrogen-bond acceptors (Lipinski definition) is 2. The minimum Gasteiger partial charge on any atom is -0.381 e. The third-order valence-corrected chi connectivity index (χ3v) is 4.29. The third kappa shape index (κ3) is 3.03. The van der Waals surface area contributed by atoms with Crippen LogP contribution < -0.4 is 11.1 Å². The van der Waals surface area contributed by atoms with Crippen LogP contribution in [0.5, 0.6) is 0 Å². The molecule has 0 saturated carbocycles. The maximum Gasteiger partial charge on any atom is 0.248 e. The number of hydrogen-bond donors (Lipinski definition) is 2. The minimum atomic E-state index is -0.441. The van der Waals surface area contributed by atoms with E-state index < -0.39 is 5.91 Å². The van der Waals surface area contributed by atoms with Crippen molar-refractivity contribution in [3.05, 3.63) is 64.2 Å². The first-order valence-corrected chi connectivity index (χ1v) is 7.44. The molecular formula is C17H17ClN2O. The smallest absolute Gasteiger partial charge is 0.248 e. The van der Waals surface area contributed by atoms with Gasteiger partial charge in [0.05, 0.1) is 10.7 Å². The van der Waals surface area contributed by atoms with Gasteiger partial charge in [-0.2, -0.15) is 0 Å². The largest absolute Gasteiger partial charge is 0.381 e. The van der Waals surface area contributed by atoms with Gasteiger partial charge in [-0.15, -0.1) is 0 Å². The van der Waals surface area contributed by atoms with E-state index in [1.165, 1.54) is 11.1 Å². The summed E-state index contributed by atoms with van der Waals surface area (Å²) < 4.78 is 0. The lowest BCUT2D eigenvalue weighted by Crippen LogP contribution is -2.27. The average molecular weight is 301 g/mol. The van der Waals surface area contributed by atoms with Gasteiger partial charge in [-0.1, -0.05) is 35.9 Å². The molecule has 0 radical (unpaired) electrons. The van der Waals surface area contributed by atoms with E-state index in [1.54, 1.807) is 18.2 Å². The van der Waals surface area contributed by atoms with Gasteiger partial charge in [0.25, 0.3) is 0 Å². The van der Waals surface area contributed by atoms with Crippen molar-refractivity contribution in [1.29, 1.82) is 0 Å². The number of nitrogens with two attached hydrogens (primary N) is 1. The number of amides is 1. The lowest BCUT2D eigenvalue weighted by atomic mass is 9.88. The molecule has 2 aromatic rings. The number of halogens is 1. The van der Waals surface area contributed by atoms with Crippen molar-refractivity contribution in [2.45, 2.75) is 25.3 Å². The summed E-state index contributed by atoms with van der Waals surface area (Å²) >= 11 is 6.21. The van der Waals surface area contributed by atoms with Crippen LogP contribution in [0.25, 0.3) is 0 Å². The summed E-state index contributed by atoms with van der Waals surface area (Å²) in [7, 11) is 0. The number of rotatable bonds is 3. The molecule has 3 N–H and O–H groups in total. The Labute approximate surface area is 129 Å². The van der Waals surface area contributed by atoms with Crippen LogP contribution in [0.1, 0.15) is 27.9 Å². The van der Waals surface area contributed by atoms with Crippen LogP contribution in [0.4, 0.5) is 5.69 Å². The molecule has 0 saturated heterocycles. The minimum absolute atomic E-state index is 0.320. The summed E-state index contributed by atoms with van der Waals surface area (Å²) in [5, 5.41) is 4.06. The molecule has 0 bridgehead atoms. The van der Waals surface area contributed by atoms with E-state index in [1.807, 2.05) is 0 Å². The molecule has 0 spiro atoms. The van der Waals surface area contributed by atoms with E-state index in [4.69, 9.17) is 17.3 Å². The van der Waals surface area contributed by atoms with E-state index in [9.17, 15) is 4.79 Å². The van der Waals surface area contributed by atoms with E-state index in [0.29, 0.717) is 16.6 Å². The molecule has 1 unspecified atom stereocenters. The summed E-state index contributed by atoms with van der Waals surface area (Å²) in [6.07, 6.45) is 3.07. The van der Waals surface area contributed by atoms with Gasteiger partial charge in [0.15, 0.2) is 0 Å². The van der Waals surface area contributed by atoms with Gasteiger partial charge in [0, 0.05) is 11.6 Å². The molecule has 0 aromatic heterocycles. The predicted octanol–water partition coefficient (Wildman–Crippen LogP) is 3.41. The fraction of sp³-hybridized carbons (Fsp3) is 0.235. The molecule has 3 rings (SSSR count). The molecule has 2 aromatic carbocycles. The molecule has 1 atom stereocenters.